The Morgan fingerprint density at radius 2 is 1.84 bits per heavy atom. The zero-order valence-corrected chi connectivity index (χ0v) is 9.78. The lowest BCUT2D eigenvalue weighted by Crippen LogP contribution is -2.10. The molecule has 2 rings (SSSR count). The summed E-state index contributed by atoms with van der Waals surface area (Å²) in [6.07, 6.45) is 3.32. The van der Waals surface area contributed by atoms with Crippen molar-refractivity contribution >= 4 is 23.9 Å². The molecule has 0 aliphatic carbocycles. The number of nitrogens with zero attached hydrogens (tertiary/aromatic N) is 1. The van der Waals surface area contributed by atoms with E-state index in [4.69, 9.17) is 10.2 Å². The van der Waals surface area contributed by atoms with Gasteiger partial charge in [0.25, 0.3) is 0 Å². The third-order valence-corrected chi connectivity index (χ3v) is 2.43. The summed E-state index contributed by atoms with van der Waals surface area (Å²) in [6, 6.07) is 9.43. The minimum absolute atomic E-state index is 0.302. The van der Waals surface area contributed by atoms with Crippen molar-refractivity contribution < 1.29 is 14.1 Å². The van der Waals surface area contributed by atoms with E-state index in [1.165, 1.54) is 12.1 Å². The summed E-state index contributed by atoms with van der Waals surface area (Å²) >= 11 is 0. The first-order valence-corrected chi connectivity index (χ1v) is 5.38. The number of carbonyl (C=O) groups is 1. The standard InChI is InChI=1S/C13H10N2O4/c14-13(16)10-4-1-9(2-5-10)3-6-11-7-8-12(19-11)15(17)18/h1-8H,(H2,14,16)/b6-3+. The van der Waals surface area contributed by atoms with Crippen LogP contribution >= 0.6 is 0 Å². The van der Waals surface area contributed by atoms with Gasteiger partial charge in [0, 0.05) is 5.56 Å². The molecule has 6 nitrogen and oxygen atoms in total. The molecule has 6 heteroatoms. The van der Waals surface area contributed by atoms with E-state index in [0.717, 1.165) is 5.56 Å². The second-order valence-corrected chi connectivity index (χ2v) is 3.75. The molecule has 0 fully saturated rings. The van der Waals surface area contributed by atoms with Crippen LogP contribution in [0.1, 0.15) is 21.7 Å². The predicted octanol–water partition coefficient (Wildman–Crippen LogP) is 2.46. The van der Waals surface area contributed by atoms with Gasteiger partial charge in [-0.05, 0) is 29.8 Å². The third kappa shape index (κ3) is 3.06. The SMILES string of the molecule is NC(=O)c1ccc(/C=C/c2ccc([N+](=O)[O-])o2)cc1. The molecule has 0 bridgehead atoms. The van der Waals surface area contributed by atoms with Crippen LogP contribution in [0, 0.1) is 10.1 Å². The van der Waals surface area contributed by atoms with Gasteiger partial charge in [-0.3, -0.25) is 14.9 Å². The fourth-order valence-corrected chi connectivity index (χ4v) is 1.47. The lowest BCUT2D eigenvalue weighted by atomic mass is 10.1. The number of hydrogen-bond acceptors (Lipinski definition) is 4. The molecule has 0 aliphatic heterocycles. The van der Waals surface area contributed by atoms with Crippen LogP contribution in [-0.4, -0.2) is 10.8 Å². The van der Waals surface area contributed by atoms with Gasteiger partial charge in [0.05, 0.1) is 6.07 Å². The van der Waals surface area contributed by atoms with Gasteiger partial charge in [-0.25, -0.2) is 0 Å². The molecule has 0 atom stereocenters. The van der Waals surface area contributed by atoms with Crippen LogP contribution in [0.15, 0.2) is 40.8 Å². The number of nitrogens with two attached hydrogens (primary N) is 1. The monoisotopic (exact) mass is 258 g/mol. The van der Waals surface area contributed by atoms with Crippen LogP contribution in [0.4, 0.5) is 5.88 Å². The fraction of sp³-hybridized carbons (Fsp3) is 0. The molecule has 1 aromatic heterocycles. The largest absolute Gasteiger partial charge is 0.433 e. The van der Waals surface area contributed by atoms with Gasteiger partial charge in [-0.1, -0.05) is 18.2 Å². The first-order chi connectivity index (χ1) is 9.06. The summed E-state index contributed by atoms with van der Waals surface area (Å²) in [4.78, 5) is 20.7. The van der Waals surface area contributed by atoms with Crippen LogP contribution in [0.25, 0.3) is 12.2 Å². The Kier molecular flexibility index (Phi) is 3.42. The van der Waals surface area contributed by atoms with Gasteiger partial charge >= 0.3 is 5.88 Å². The summed E-state index contributed by atoms with van der Waals surface area (Å²) < 4.78 is 4.97. The summed E-state index contributed by atoms with van der Waals surface area (Å²) in [7, 11) is 0. The van der Waals surface area contributed by atoms with Crippen molar-refractivity contribution in [1.29, 1.82) is 0 Å². The van der Waals surface area contributed by atoms with Gasteiger partial charge in [0.2, 0.25) is 5.91 Å². The maximum absolute atomic E-state index is 10.9. The third-order valence-electron chi connectivity index (χ3n) is 2.43. The number of benzene rings is 1. The van der Waals surface area contributed by atoms with Crippen molar-refractivity contribution in [2.24, 2.45) is 5.73 Å². The second-order valence-electron chi connectivity index (χ2n) is 3.75. The summed E-state index contributed by atoms with van der Waals surface area (Å²) in [5, 5.41) is 10.4. The Hall–Kier alpha value is -2.89. The van der Waals surface area contributed by atoms with Crippen molar-refractivity contribution in [3.63, 3.8) is 0 Å². The second kappa shape index (κ2) is 5.18. The first-order valence-electron chi connectivity index (χ1n) is 5.38. The molecule has 2 aromatic rings. The maximum Gasteiger partial charge on any atom is 0.433 e. The molecule has 0 radical (unpaired) electrons. The molecule has 0 saturated heterocycles. The van der Waals surface area contributed by atoms with E-state index in [-0.39, 0.29) is 5.88 Å². The van der Waals surface area contributed by atoms with Gasteiger partial charge in [0.15, 0.2) is 0 Å². The molecule has 19 heavy (non-hydrogen) atoms. The zero-order chi connectivity index (χ0) is 13.8. The van der Waals surface area contributed by atoms with Gasteiger partial charge in [0.1, 0.15) is 10.7 Å². The van der Waals surface area contributed by atoms with Crippen molar-refractivity contribution in [3.05, 3.63) is 63.4 Å². The molecule has 0 unspecified atom stereocenters. The summed E-state index contributed by atoms with van der Waals surface area (Å²) in [5.41, 5.74) is 6.37. The molecule has 1 heterocycles. The number of carbonyl (C=O) groups excluding carboxylic acids is 1. The van der Waals surface area contributed by atoms with Crippen LogP contribution in [0.3, 0.4) is 0 Å². The maximum atomic E-state index is 10.9. The van der Waals surface area contributed by atoms with E-state index >= 15 is 0 Å². The number of amides is 1. The van der Waals surface area contributed by atoms with Crippen molar-refractivity contribution in [1.82, 2.24) is 0 Å². The summed E-state index contributed by atoms with van der Waals surface area (Å²) in [6.45, 7) is 0. The van der Waals surface area contributed by atoms with Crippen LogP contribution in [-0.2, 0) is 0 Å². The minimum atomic E-state index is -0.598. The quantitative estimate of drug-likeness (QED) is 0.672. The normalized spacial score (nSPS) is 10.7. The average Bonchev–Trinajstić information content (AvgIpc) is 2.86. The topological polar surface area (TPSA) is 99.4 Å². The smallest absolute Gasteiger partial charge is 0.401 e. The highest BCUT2D eigenvalue weighted by Crippen LogP contribution is 2.18. The van der Waals surface area contributed by atoms with E-state index in [0.29, 0.717) is 11.3 Å². The molecule has 0 aliphatic rings. The fourth-order valence-electron chi connectivity index (χ4n) is 1.47. The van der Waals surface area contributed by atoms with Crippen LogP contribution in [0.2, 0.25) is 0 Å². The van der Waals surface area contributed by atoms with Crippen molar-refractivity contribution in [2.75, 3.05) is 0 Å². The van der Waals surface area contributed by atoms with Crippen LogP contribution < -0.4 is 5.73 Å². The van der Waals surface area contributed by atoms with Gasteiger partial charge in [-0.2, -0.15) is 0 Å². The molecule has 1 amide bonds. The van der Waals surface area contributed by atoms with Crippen molar-refractivity contribution in [2.45, 2.75) is 0 Å². The van der Waals surface area contributed by atoms with E-state index in [1.54, 1.807) is 36.4 Å². The average molecular weight is 258 g/mol. The summed E-state index contributed by atoms with van der Waals surface area (Å²) in [5.74, 6) is -0.411. The molecule has 0 saturated carbocycles. The Labute approximate surface area is 108 Å². The minimum Gasteiger partial charge on any atom is -0.401 e. The molecule has 96 valence electrons. The zero-order valence-electron chi connectivity index (χ0n) is 9.78. The molecule has 1 aromatic carbocycles. The first kappa shape index (κ1) is 12.6. The van der Waals surface area contributed by atoms with E-state index in [9.17, 15) is 14.9 Å². The highest BCUT2D eigenvalue weighted by molar-refractivity contribution is 5.93. The highest BCUT2D eigenvalue weighted by atomic mass is 16.6. The molecular formula is C13H10N2O4. The van der Waals surface area contributed by atoms with E-state index in [1.807, 2.05) is 0 Å². The molecule has 2 N–H and O–H groups in total. The van der Waals surface area contributed by atoms with E-state index in [2.05, 4.69) is 0 Å². The van der Waals surface area contributed by atoms with Crippen molar-refractivity contribution in [3.8, 4) is 0 Å². The Balaban J connectivity index is 2.13. The number of hydrogen-bond donors (Lipinski definition) is 1. The van der Waals surface area contributed by atoms with Gasteiger partial charge in [-0.15, -0.1) is 0 Å². The van der Waals surface area contributed by atoms with E-state index < -0.39 is 10.8 Å². The number of furan rings is 1. The Morgan fingerprint density at radius 1 is 1.16 bits per heavy atom. The Bertz CT molecular complexity index is 641. The number of nitro groups is 1. The number of primary amides is 1. The molecular weight excluding hydrogens is 248 g/mol. The van der Waals surface area contributed by atoms with Gasteiger partial charge < -0.3 is 10.2 Å². The highest BCUT2D eigenvalue weighted by Gasteiger charge is 2.09. The predicted molar refractivity (Wildman–Crippen MR) is 69.3 cm³/mol. The lowest BCUT2D eigenvalue weighted by Gasteiger charge is -1.96. The Morgan fingerprint density at radius 3 is 2.37 bits per heavy atom. The lowest BCUT2D eigenvalue weighted by molar-refractivity contribution is -0.402. The number of rotatable bonds is 4. The van der Waals surface area contributed by atoms with Crippen LogP contribution in [0.5, 0.6) is 0 Å². The molecule has 0 spiro atoms.